The number of amides is 1. The van der Waals surface area contributed by atoms with Gasteiger partial charge in [-0.3, -0.25) is 4.79 Å². The van der Waals surface area contributed by atoms with Crippen LogP contribution in [0.3, 0.4) is 0 Å². The van der Waals surface area contributed by atoms with E-state index in [1.54, 1.807) is 0 Å². The molecule has 0 aromatic carbocycles. The van der Waals surface area contributed by atoms with Crippen LogP contribution in [0, 0.1) is 5.41 Å². The Morgan fingerprint density at radius 2 is 2.25 bits per heavy atom. The monoisotopic (exact) mass is 189 g/mol. The summed E-state index contributed by atoms with van der Waals surface area (Å²) >= 11 is 5.36. The Balaban J connectivity index is 1.71. The molecule has 2 aliphatic rings. The molecule has 1 saturated carbocycles. The van der Waals surface area contributed by atoms with E-state index >= 15 is 0 Å². The third-order valence-corrected chi connectivity index (χ3v) is 2.90. The molecule has 2 rings (SSSR count). The fraction of sp³-hybridized carbons (Fsp3) is 0.875. The number of carbonyl (C=O) groups excluding carboxylic acids is 1. The van der Waals surface area contributed by atoms with E-state index in [0.717, 1.165) is 26.1 Å². The lowest BCUT2D eigenvalue weighted by Crippen LogP contribution is -2.59. The molecule has 3 nitrogen and oxygen atoms in total. The maximum absolute atomic E-state index is 10.9. The van der Waals surface area contributed by atoms with E-state index in [2.05, 4.69) is 5.32 Å². The van der Waals surface area contributed by atoms with E-state index in [-0.39, 0.29) is 11.8 Å². The zero-order valence-electron chi connectivity index (χ0n) is 6.81. The number of ether oxygens (including phenoxy) is 1. The van der Waals surface area contributed by atoms with Crippen molar-refractivity contribution in [3.63, 3.8) is 0 Å². The van der Waals surface area contributed by atoms with Crippen LogP contribution in [0.4, 0.5) is 0 Å². The van der Waals surface area contributed by atoms with Crippen LogP contribution in [0.15, 0.2) is 0 Å². The van der Waals surface area contributed by atoms with Gasteiger partial charge in [-0.05, 0) is 12.8 Å². The number of hydrogen-bond acceptors (Lipinski definition) is 2. The van der Waals surface area contributed by atoms with Crippen LogP contribution in [0.5, 0.6) is 0 Å². The first-order chi connectivity index (χ1) is 5.74. The second-order valence-corrected chi connectivity index (χ2v) is 4.07. The average Bonchev–Trinajstić information content (AvgIpc) is 1.91. The van der Waals surface area contributed by atoms with Crippen molar-refractivity contribution in [3.8, 4) is 0 Å². The maximum atomic E-state index is 10.9. The van der Waals surface area contributed by atoms with Crippen LogP contribution in [0.2, 0.25) is 0 Å². The first kappa shape index (κ1) is 8.32. The zero-order chi connectivity index (χ0) is 8.60. The van der Waals surface area contributed by atoms with Gasteiger partial charge >= 0.3 is 0 Å². The standard InChI is InChI=1S/C8H12ClNO2/c9-3-7(11)10-6-1-8(2-6)4-12-5-8/h6H,1-5H2,(H,10,11). The molecule has 1 aliphatic heterocycles. The van der Waals surface area contributed by atoms with Crippen molar-refractivity contribution < 1.29 is 9.53 Å². The van der Waals surface area contributed by atoms with Crippen molar-refractivity contribution in [1.82, 2.24) is 5.32 Å². The number of alkyl halides is 1. The predicted octanol–water partition coefficient (Wildman–Crippen LogP) is 0.520. The van der Waals surface area contributed by atoms with Crippen molar-refractivity contribution in [2.45, 2.75) is 18.9 Å². The second kappa shape index (κ2) is 2.89. The first-order valence-corrected chi connectivity index (χ1v) is 4.71. The molecular weight excluding hydrogens is 178 g/mol. The third-order valence-electron chi connectivity index (χ3n) is 2.66. The summed E-state index contributed by atoms with van der Waals surface area (Å²) in [5.74, 6) is 0.0109. The lowest BCUT2D eigenvalue weighted by Gasteiger charge is -2.53. The molecule has 1 N–H and O–H groups in total. The summed E-state index contributed by atoms with van der Waals surface area (Å²) in [5, 5.41) is 2.86. The molecule has 0 atom stereocenters. The van der Waals surface area contributed by atoms with Crippen LogP contribution >= 0.6 is 11.6 Å². The molecule has 4 heteroatoms. The minimum Gasteiger partial charge on any atom is -0.380 e. The van der Waals surface area contributed by atoms with Gasteiger partial charge in [0.05, 0.1) is 13.2 Å². The molecule has 2 fully saturated rings. The van der Waals surface area contributed by atoms with Gasteiger partial charge in [-0.15, -0.1) is 11.6 Å². The Kier molecular flexibility index (Phi) is 2.00. The highest BCUT2D eigenvalue weighted by Gasteiger charge is 2.50. The Bertz CT molecular complexity index is 195. The van der Waals surface area contributed by atoms with E-state index in [9.17, 15) is 4.79 Å². The molecule has 1 saturated heterocycles. The van der Waals surface area contributed by atoms with Crippen molar-refractivity contribution in [2.75, 3.05) is 19.1 Å². The Labute approximate surface area is 76.4 Å². The predicted molar refractivity (Wildman–Crippen MR) is 45.1 cm³/mol. The maximum Gasteiger partial charge on any atom is 0.235 e. The Morgan fingerprint density at radius 1 is 1.58 bits per heavy atom. The van der Waals surface area contributed by atoms with Crippen LogP contribution in [-0.2, 0) is 9.53 Å². The summed E-state index contributed by atoms with van der Waals surface area (Å²) in [5.41, 5.74) is 0.421. The molecular formula is C8H12ClNO2. The van der Waals surface area contributed by atoms with E-state index in [4.69, 9.17) is 16.3 Å². The number of rotatable bonds is 2. The van der Waals surface area contributed by atoms with Crippen molar-refractivity contribution in [1.29, 1.82) is 0 Å². The Morgan fingerprint density at radius 3 is 2.67 bits per heavy atom. The fourth-order valence-corrected chi connectivity index (χ4v) is 2.06. The first-order valence-electron chi connectivity index (χ1n) is 4.17. The minimum atomic E-state index is -0.0586. The van der Waals surface area contributed by atoms with Crippen molar-refractivity contribution in [2.24, 2.45) is 5.41 Å². The van der Waals surface area contributed by atoms with Crippen LogP contribution in [0.1, 0.15) is 12.8 Å². The molecule has 1 amide bonds. The number of carbonyl (C=O) groups is 1. The molecule has 1 heterocycles. The Hall–Kier alpha value is -0.280. The largest absolute Gasteiger partial charge is 0.380 e. The molecule has 0 bridgehead atoms. The highest BCUT2D eigenvalue weighted by molar-refractivity contribution is 6.27. The molecule has 0 unspecified atom stereocenters. The lowest BCUT2D eigenvalue weighted by molar-refractivity contribution is -0.169. The van der Waals surface area contributed by atoms with Gasteiger partial charge in [-0.25, -0.2) is 0 Å². The van der Waals surface area contributed by atoms with Gasteiger partial charge in [0.1, 0.15) is 5.88 Å². The normalized spacial score (nSPS) is 26.1. The van der Waals surface area contributed by atoms with Crippen LogP contribution in [0.25, 0.3) is 0 Å². The van der Waals surface area contributed by atoms with E-state index < -0.39 is 0 Å². The van der Waals surface area contributed by atoms with E-state index in [1.807, 2.05) is 0 Å². The molecule has 1 aliphatic carbocycles. The number of hydrogen-bond donors (Lipinski definition) is 1. The van der Waals surface area contributed by atoms with Gasteiger partial charge in [0.25, 0.3) is 0 Å². The molecule has 68 valence electrons. The summed E-state index contributed by atoms with van der Waals surface area (Å²) in [6.07, 6.45) is 2.13. The zero-order valence-corrected chi connectivity index (χ0v) is 7.56. The SMILES string of the molecule is O=C(CCl)NC1CC2(COC2)C1. The summed E-state index contributed by atoms with van der Waals surface area (Å²) in [6.45, 7) is 1.75. The number of nitrogens with one attached hydrogen (secondary N) is 1. The van der Waals surface area contributed by atoms with Gasteiger partial charge in [-0.2, -0.15) is 0 Å². The van der Waals surface area contributed by atoms with Gasteiger partial charge in [0.15, 0.2) is 0 Å². The molecule has 0 aromatic heterocycles. The van der Waals surface area contributed by atoms with Gasteiger partial charge in [0, 0.05) is 11.5 Å². The van der Waals surface area contributed by atoms with Gasteiger partial charge in [0.2, 0.25) is 5.91 Å². The average molecular weight is 190 g/mol. The highest BCUT2D eigenvalue weighted by Crippen LogP contribution is 2.46. The van der Waals surface area contributed by atoms with Gasteiger partial charge < -0.3 is 10.1 Å². The fourth-order valence-electron chi connectivity index (χ4n) is 1.98. The number of halogens is 1. The third kappa shape index (κ3) is 1.31. The quantitative estimate of drug-likeness (QED) is 0.644. The molecule has 0 aromatic rings. The van der Waals surface area contributed by atoms with Crippen molar-refractivity contribution in [3.05, 3.63) is 0 Å². The summed E-state index contributed by atoms with van der Waals surface area (Å²) in [4.78, 5) is 10.9. The van der Waals surface area contributed by atoms with E-state index in [0.29, 0.717) is 11.5 Å². The smallest absolute Gasteiger partial charge is 0.235 e. The lowest BCUT2D eigenvalue weighted by atomic mass is 9.64. The van der Waals surface area contributed by atoms with Crippen LogP contribution < -0.4 is 5.32 Å². The summed E-state index contributed by atoms with van der Waals surface area (Å²) in [6, 6.07) is 0.347. The van der Waals surface area contributed by atoms with Crippen LogP contribution in [-0.4, -0.2) is 31.0 Å². The summed E-state index contributed by atoms with van der Waals surface area (Å²) in [7, 11) is 0. The molecule has 1 spiro atoms. The minimum absolute atomic E-state index is 0.0586. The second-order valence-electron chi connectivity index (χ2n) is 3.80. The highest BCUT2D eigenvalue weighted by atomic mass is 35.5. The van der Waals surface area contributed by atoms with Gasteiger partial charge in [-0.1, -0.05) is 0 Å². The molecule has 0 radical (unpaired) electrons. The molecule has 12 heavy (non-hydrogen) atoms. The summed E-state index contributed by atoms with van der Waals surface area (Å²) < 4.78 is 5.12. The van der Waals surface area contributed by atoms with Crippen molar-refractivity contribution >= 4 is 17.5 Å². The topological polar surface area (TPSA) is 38.3 Å². The van der Waals surface area contributed by atoms with E-state index in [1.165, 1.54) is 0 Å².